The Morgan fingerprint density at radius 3 is 2.10 bits per heavy atom. The summed E-state index contributed by atoms with van der Waals surface area (Å²) in [6.45, 7) is 3.61. The monoisotopic (exact) mass is 279 g/mol. The van der Waals surface area contributed by atoms with Crippen molar-refractivity contribution >= 4 is 17.5 Å². The van der Waals surface area contributed by atoms with Crippen LogP contribution >= 0.6 is 0 Å². The molecule has 0 bridgehead atoms. The highest BCUT2D eigenvalue weighted by atomic mass is 16.2. The number of Topliss-reactive ketones (excluding diaryl/α,β-unsaturated/α-hetero) is 2. The van der Waals surface area contributed by atoms with Crippen molar-refractivity contribution < 1.29 is 14.4 Å². The van der Waals surface area contributed by atoms with Crippen molar-refractivity contribution in [2.75, 3.05) is 0 Å². The molecule has 0 spiro atoms. The van der Waals surface area contributed by atoms with Gasteiger partial charge in [-0.1, -0.05) is 19.3 Å². The van der Waals surface area contributed by atoms with Gasteiger partial charge in [0.1, 0.15) is 11.6 Å². The molecule has 2 rings (SSSR count). The summed E-state index contributed by atoms with van der Waals surface area (Å²) in [4.78, 5) is 36.4. The number of amides is 1. The molecule has 20 heavy (non-hydrogen) atoms. The molecule has 0 aromatic rings. The van der Waals surface area contributed by atoms with Crippen molar-refractivity contribution in [3.63, 3.8) is 0 Å². The van der Waals surface area contributed by atoms with E-state index in [-0.39, 0.29) is 23.4 Å². The molecule has 4 nitrogen and oxygen atoms in total. The summed E-state index contributed by atoms with van der Waals surface area (Å²) >= 11 is 0. The molecular formula is C16H25NO3. The average molecular weight is 279 g/mol. The van der Waals surface area contributed by atoms with Crippen molar-refractivity contribution in [3.05, 3.63) is 0 Å². The zero-order valence-electron chi connectivity index (χ0n) is 12.5. The van der Waals surface area contributed by atoms with Gasteiger partial charge in [-0.3, -0.25) is 14.4 Å². The molecule has 0 heterocycles. The maximum Gasteiger partial charge on any atom is 0.223 e. The van der Waals surface area contributed by atoms with Gasteiger partial charge in [0.25, 0.3) is 0 Å². The zero-order valence-corrected chi connectivity index (χ0v) is 12.5. The minimum atomic E-state index is -0.761. The predicted octanol–water partition coefficient (Wildman–Crippen LogP) is 2.40. The van der Waals surface area contributed by atoms with Crippen LogP contribution in [0.25, 0.3) is 0 Å². The molecule has 0 aliphatic heterocycles. The van der Waals surface area contributed by atoms with Crippen molar-refractivity contribution in [1.82, 2.24) is 5.32 Å². The second kappa shape index (κ2) is 6.06. The van der Waals surface area contributed by atoms with Crippen molar-refractivity contribution in [2.24, 2.45) is 11.8 Å². The molecule has 0 atom stereocenters. The molecule has 0 radical (unpaired) electrons. The fourth-order valence-corrected chi connectivity index (χ4v) is 3.57. The van der Waals surface area contributed by atoms with E-state index in [1.54, 1.807) is 13.8 Å². The number of carbonyl (C=O) groups is 3. The minimum absolute atomic E-state index is 0.0147. The third kappa shape index (κ3) is 3.28. The first kappa shape index (κ1) is 15.2. The Morgan fingerprint density at radius 1 is 1.00 bits per heavy atom. The summed E-state index contributed by atoms with van der Waals surface area (Å²) in [5, 5.41) is 2.98. The van der Waals surface area contributed by atoms with Gasteiger partial charge < -0.3 is 5.32 Å². The summed E-state index contributed by atoms with van der Waals surface area (Å²) in [5.74, 6) is -0.633. The fraction of sp³-hybridized carbons (Fsp3) is 0.812. The highest BCUT2D eigenvalue weighted by molar-refractivity contribution is 6.06. The number of nitrogens with one attached hydrogen (secondary N) is 1. The Bertz CT molecular complexity index is 392. The van der Waals surface area contributed by atoms with Crippen LogP contribution in [0, 0.1) is 11.8 Å². The third-order valence-corrected chi connectivity index (χ3v) is 4.63. The Hall–Kier alpha value is -1.19. The maximum atomic E-state index is 12.3. The Balaban J connectivity index is 2.03. The molecule has 2 aliphatic carbocycles. The van der Waals surface area contributed by atoms with E-state index in [0.29, 0.717) is 19.3 Å². The van der Waals surface area contributed by atoms with Gasteiger partial charge in [-0.25, -0.2) is 0 Å². The average Bonchev–Trinajstić information content (AvgIpc) is 2.38. The molecule has 2 saturated carbocycles. The lowest BCUT2D eigenvalue weighted by Crippen LogP contribution is -2.56. The van der Waals surface area contributed by atoms with Crippen molar-refractivity contribution in [1.29, 1.82) is 0 Å². The van der Waals surface area contributed by atoms with Gasteiger partial charge in [-0.15, -0.1) is 0 Å². The van der Waals surface area contributed by atoms with Gasteiger partial charge in [0, 0.05) is 18.8 Å². The van der Waals surface area contributed by atoms with Crippen molar-refractivity contribution in [2.45, 2.75) is 70.8 Å². The van der Waals surface area contributed by atoms with Gasteiger partial charge >= 0.3 is 0 Å². The fourth-order valence-electron chi connectivity index (χ4n) is 3.57. The van der Waals surface area contributed by atoms with Crippen LogP contribution in [0.1, 0.15) is 65.2 Å². The van der Waals surface area contributed by atoms with E-state index >= 15 is 0 Å². The number of hydrogen-bond donors (Lipinski definition) is 1. The zero-order chi connectivity index (χ0) is 14.8. The predicted molar refractivity (Wildman–Crippen MR) is 76.2 cm³/mol. The van der Waals surface area contributed by atoms with Gasteiger partial charge in [0.15, 0.2) is 0 Å². The summed E-state index contributed by atoms with van der Waals surface area (Å²) in [6.07, 6.45) is 6.81. The van der Waals surface area contributed by atoms with E-state index in [9.17, 15) is 14.4 Å². The number of rotatable bonds is 3. The quantitative estimate of drug-likeness (QED) is 0.807. The standard InChI is InChI=1S/C16H25NO3/c1-16(2,14-12(18)9-6-10-13(14)19)17-15(20)11-7-4-3-5-8-11/h11,14H,3-10H2,1-2H3,(H,17,20). The normalized spacial score (nSPS) is 22.9. The first-order valence-corrected chi connectivity index (χ1v) is 7.79. The van der Waals surface area contributed by atoms with E-state index in [4.69, 9.17) is 0 Å². The second-order valence-corrected chi connectivity index (χ2v) is 6.77. The highest BCUT2D eigenvalue weighted by Crippen LogP contribution is 2.29. The van der Waals surface area contributed by atoms with Crippen LogP contribution in [0.2, 0.25) is 0 Å². The topological polar surface area (TPSA) is 63.2 Å². The van der Waals surface area contributed by atoms with Crippen molar-refractivity contribution in [3.8, 4) is 0 Å². The second-order valence-electron chi connectivity index (χ2n) is 6.77. The molecule has 4 heteroatoms. The van der Waals surface area contributed by atoms with Crippen LogP contribution in [-0.4, -0.2) is 23.0 Å². The number of carbonyl (C=O) groups excluding carboxylic acids is 3. The third-order valence-electron chi connectivity index (χ3n) is 4.63. The molecule has 1 N–H and O–H groups in total. The largest absolute Gasteiger partial charge is 0.350 e. The molecule has 0 aromatic heterocycles. The lowest BCUT2D eigenvalue weighted by atomic mass is 9.74. The van der Waals surface area contributed by atoms with Gasteiger partial charge in [0.05, 0.1) is 11.5 Å². The Kier molecular flexibility index (Phi) is 4.61. The van der Waals surface area contributed by atoms with Gasteiger partial charge in [0.2, 0.25) is 5.91 Å². The van der Waals surface area contributed by atoms with Crippen LogP contribution < -0.4 is 5.32 Å². The molecule has 2 aliphatic rings. The van der Waals surface area contributed by atoms with E-state index in [0.717, 1.165) is 25.7 Å². The Labute approximate surface area is 120 Å². The lowest BCUT2D eigenvalue weighted by Gasteiger charge is -2.36. The van der Waals surface area contributed by atoms with Crippen LogP contribution in [-0.2, 0) is 14.4 Å². The van der Waals surface area contributed by atoms with Gasteiger partial charge in [-0.05, 0) is 33.1 Å². The number of ketones is 2. The molecule has 0 aromatic carbocycles. The van der Waals surface area contributed by atoms with Crippen LogP contribution in [0.3, 0.4) is 0 Å². The first-order chi connectivity index (χ1) is 9.42. The summed E-state index contributed by atoms with van der Waals surface area (Å²) < 4.78 is 0. The molecule has 2 fully saturated rings. The molecular weight excluding hydrogens is 254 g/mol. The minimum Gasteiger partial charge on any atom is -0.350 e. The van der Waals surface area contributed by atoms with E-state index in [1.165, 1.54) is 6.42 Å². The summed E-state index contributed by atoms with van der Waals surface area (Å²) in [7, 11) is 0. The number of hydrogen-bond acceptors (Lipinski definition) is 3. The van der Waals surface area contributed by atoms with Crippen LogP contribution in [0.4, 0.5) is 0 Å². The SMILES string of the molecule is CC(C)(NC(=O)C1CCCCC1)C1C(=O)CCCC1=O. The lowest BCUT2D eigenvalue weighted by molar-refractivity contribution is -0.140. The highest BCUT2D eigenvalue weighted by Gasteiger charge is 2.43. The summed E-state index contributed by atoms with van der Waals surface area (Å²) in [6, 6.07) is 0. The Morgan fingerprint density at radius 2 is 1.55 bits per heavy atom. The molecule has 112 valence electrons. The molecule has 0 saturated heterocycles. The van der Waals surface area contributed by atoms with E-state index in [2.05, 4.69) is 5.32 Å². The smallest absolute Gasteiger partial charge is 0.223 e. The van der Waals surface area contributed by atoms with Crippen LogP contribution in [0.15, 0.2) is 0 Å². The molecule has 1 amide bonds. The van der Waals surface area contributed by atoms with E-state index < -0.39 is 11.5 Å². The van der Waals surface area contributed by atoms with Gasteiger partial charge in [-0.2, -0.15) is 0 Å². The molecule has 0 unspecified atom stereocenters. The van der Waals surface area contributed by atoms with E-state index in [1.807, 2.05) is 0 Å². The summed E-state index contributed by atoms with van der Waals surface area (Å²) in [5.41, 5.74) is -0.761. The first-order valence-electron chi connectivity index (χ1n) is 7.79. The maximum absolute atomic E-state index is 12.3. The van der Waals surface area contributed by atoms with Crippen LogP contribution in [0.5, 0.6) is 0 Å².